The van der Waals surface area contributed by atoms with Gasteiger partial charge in [-0.1, -0.05) is 102 Å². The number of unbranched alkanes of at least 4 members (excludes halogenated alkanes) is 1. The highest BCUT2D eigenvalue weighted by Gasteiger charge is 2.10. The minimum absolute atomic E-state index is 0.601. The molecule has 2 rings (SSSR count). The normalized spacial score (nSPS) is 12.7. The molecule has 0 aliphatic heterocycles. The Morgan fingerprint density at radius 1 is 0.769 bits per heavy atom. The van der Waals surface area contributed by atoms with E-state index in [-0.39, 0.29) is 0 Å². The minimum Gasteiger partial charge on any atom is -0.295 e. The van der Waals surface area contributed by atoms with Gasteiger partial charge in [-0.05, 0) is 41.5 Å². The van der Waals surface area contributed by atoms with Crippen LogP contribution >= 0.6 is 0 Å². The molecule has 0 aliphatic rings. The van der Waals surface area contributed by atoms with Gasteiger partial charge in [0.1, 0.15) is 0 Å². The smallest absolute Gasteiger partial charge is 0.0237 e. The van der Waals surface area contributed by atoms with Crippen molar-refractivity contribution in [1.29, 1.82) is 0 Å². The molecule has 0 saturated carbocycles. The average molecular weight is 352 g/mol. The molecular formula is C25H37N. The fourth-order valence-corrected chi connectivity index (χ4v) is 3.42. The van der Waals surface area contributed by atoms with Gasteiger partial charge in [0.25, 0.3) is 0 Å². The van der Waals surface area contributed by atoms with E-state index in [0.717, 1.165) is 19.0 Å². The second-order valence-corrected chi connectivity index (χ2v) is 8.13. The summed E-state index contributed by atoms with van der Waals surface area (Å²) in [6, 6.07) is 20.1. The van der Waals surface area contributed by atoms with E-state index >= 15 is 0 Å². The summed E-state index contributed by atoms with van der Waals surface area (Å²) < 4.78 is 0. The average Bonchev–Trinajstić information content (AvgIpc) is 2.65. The van der Waals surface area contributed by atoms with Crippen molar-refractivity contribution in [2.45, 2.75) is 72.4 Å². The predicted molar refractivity (Wildman–Crippen MR) is 114 cm³/mol. The molecule has 0 aliphatic carbocycles. The molecular weight excluding hydrogens is 314 g/mol. The van der Waals surface area contributed by atoms with Crippen LogP contribution in [0.1, 0.15) is 76.0 Å². The van der Waals surface area contributed by atoms with E-state index in [1.54, 1.807) is 0 Å². The maximum atomic E-state index is 2.61. The summed E-state index contributed by atoms with van der Waals surface area (Å²) in [5, 5.41) is 0. The first kappa shape index (κ1) is 20.7. The van der Waals surface area contributed by atoms with E-state index in [2.05, 4.69) is 87.2 Å². The molecule has 0 fully saturated rings. The van der Waals surface area contributed by atoms with Gasteiger partial charge in [0.2, 0.25) is 0 Å². The van der Waals surface area contributed by atoms with E-state index < -0.39 is 0 Å². The maximum Gasteiger partial charge on any atom is 0.0237 e. The quantitative estimate of drug-likeness (QED) is 0.420. The van der Waals surface area contributed by atoms with E-state index in [1.807, 2.05) is 0 Å². The van der Waals surface area contributed by atoms with Gasteiger partial charge in [-0.15, -0.1) is 0 Å². The minimum atomic E-state index is 0.601. The molecule has 1 unspecified atom stereocenters. The van der Waals surface area contributed by atoms with E-state index in [1.165, 1.54) is 48.9 Å². The van der Waals surface area contributed by atoms with Crippen LogP contribution in [-0.2, 0) is 13.1 Å². The fraction of sp³-hybridized carbons (Fsp3) is 0.520. The number of hydrogen-bond donors (Lipinski definition) is 0. The Kier molecular flexibility index (Phi) is 8.91. The predicted octanol–water partition coefficient (Wildman–Crippen LogP) is 7.03. The summed E-state index contributed by atoms with van der Waals surface area (Å²) in [5.41, 5.74) is 4.26. The summed E-state index contributed by atoms with van der Waals surface area (Å²) in [6.45, 7) is 12.5. The van der Waals surface area contributed by atoms with Gasteiger partial charge in [0, 0.05) is 13.1 Å². The zero-order valence-corrected chi connectivity index (χ0v) is 17.2. The van der Waals surface area contributed by atoms with Crippen molar-refractivity contribution in [3.63, 3.8) is 0 Å². The molecule has 0 heterocycles. The number of hydrogen-bond acceptors (Lipinski definition) is 1. The number of benzene rings is 2. The molecule has 1 heteroatoms. The lowest BCUT2D eigenvalue weighted by molar-refractivity contribution is 0.235. The van der Waals surface area contributed by atoms with Crippen molar-refractivity contribution >= 4 is 0 Å². The zero-order chi connectivity index (χ0) is 18.8. The Balaban J connectivity index is 1.99. The molecule has 0 spiro atoms. The van der Waals surface area contributed by atoms with E-state index in [9.17, 15) is 0 Å². The first-order chi connectivity index (χ1) is 12.6. The lowest BCUT2D eigenvalue weighted by atomic mass is 9.99. The molecule has 0 amide bonds. The maximum absolute atomic E-state index is 2.61. The lowest BCUT2D eigenvalue weighted by Gasteiger charge is -2.24. The molecule has 0 bridgehead atoms. The van der Waals surface area contributed by atoms with Crippen molar-refractivity contribution < 1.29 is 0 Å². The Labute approximate surface area is 161 Å². The first-order valence-corrected chi connectivity index (χ1v) is 10.4. The van der Waals surface area contributed by atoms with Crippen LogP contribution < -0.4 is 0 Å². The van der Waals surface area contributed by atoms with Crippen LogP contribution in [0.4, 0.5) is 0 Å². The molecule has 26 heavy (non-hydrogen) atoms. The Hall–Kier alpha value is -1.60. The summed E-state index contributed by atoms with van der Waals surface area (Å²) in [5.74, 6) is 1.42. The summed E-state index contributed by atoms with van der Waals surface area (Å²) in [7, 11) is 0. The van der Waals surface area contributed by atoms with Gasteiger partial charge >= 0.3 is 0 Å². The monoisotopic (exact) mass is 351 g/mol. The van der Waals surface area contributed by atoms with Gasteiger partial charge in [-0.2, -0.15) is 0 Å². The van der Waals surface area contributed by atoms with Crippen molar-refractivity contribution in [3.05, 3.63) is 71.3 Å². The highest BCUT2D eigenvalue weighted by molar-refractivity contribution is 5.25. The van der Waals surface area contributed by atoms with Crippen LogP contribution in [0.3, 0.4) is 0 Å². The van der Waals surface area contributed by atoms with Crippen molar-refractivity contribution in [2.24, 2.45) is 5.92 Å². The highest BCUT2D eigenvalue weighted by Crippen LogP contribution is 2.18. The van der Waals surface area contributed by atoms with Crippen LogP contribution in [0.2, 0.25) is 0 Å². The number of rotatable bonds is 11. The van der Waals surface area contributed by atoms with Gasteiger partial charge in [-0.3, -0.25) is 4.90 Å². The molecule has 1 nitrogen and oxygen atoms in total. The number of nitrogens with zero attached hydrogens (tertiary/aromatic N) is 1. The van der Waals surface area contributed by atoms with Gasteiger partial charge in [0.15, 0.2) is 0 Å². The molecule has 142 valence electrons. The molecule has 1 atom stereocenters. The molecule has 0 saturated heterocycles. The largest absolute Gasteiger partial charge is 0.295 e. The van der Waals surface area contributed by atoms with Crippen molar-refractivity contribution in [2.75, 3.05) is 6.54 Å². The van der Waals surface area contributed by atoms with Crippen LogP contribution in [0, 0.1) is 5.92 Å². The summed E-state index contributed by atoms with van der Waals surface area (Å²) in [4.78, 5) is 2.61. The van der Waals surface area contributed by atoms with Crippen LogP contribution in [0.25, 0.3) is 0 Å². The van der Waals surface area contributed by atoms with Gasteiger partial charge < -0.3 is 0 Å². The van der Waals surface area contributed by atoms with Crippen LogP contribution in [-0.4, -0.2) is 11.4 Å². The topological polar surface area (TPSA) is 3.24 Å². The Morgan fingerprint density at radius 2 is 1.38 bits per heavy atom. The van der Waals surface area contributed by atoms with Gasteiger partial charge in [0.05, 0.1) is 0 Å². The highest BCUT2D eigenvalue weighted by atomic mass is 15.1. The fourth-order valence-electron chi connectivity index (χ4n) is 3.42. The second kappa shape index (κ2) is 11.2. The van der Waals surface area contributed by atoms with Crippen LogP contribution in [0.15, 0.2) is 54.6 Å². The molecule has 2 aromatic rings. The second-order valence-electron chi connectivity index (χ2n) is 8.13. The third-order valence-electron chi connectivity index (χ3n) is 5.29. The molecule has 0 radical (unpaired) electrons. The molecule has 2 aromatic carbocycles. The zero-order valence-electron chi connectivity index (χ0n) is 17.2. The standard InChI is InChI=1S/C25H37N/c1-5-6-10-22(4)17-18-26(19-23-11-8-7-9-12-23)20-24-13-15-25(16-14-24)21(2)3/h7-9,11-16,21-22H,5-6,10,17-20H2,1-4H3. The molecule has 0 N–H and O–H groups in total. The third-order valence-corrected chi connectivity index (χ3v) is 5.29. The molecule has 0 aromatic heterocycles. The Bertz CT molecular complexity index is 600. The van der Waals surface area contributed by atoms with Crippen molar-refractivity contribution in [1.82, 2.24) is 4.90 Å². The van der Waals surface area contributed by atoms with Crippen molar-refractivity contribution in [3.8, 4) is 0 Å². The van der Waals surface area contributed by atoms with E-state index in [4.69, 9.17) is 0 Å². The van der Waals surface area contributed by atoms with E-state index in [0.29, 0.717) is 5.92 Å². The van der Waals surface area contributed by atoms with Crippen LogP contribution in [0.5, 0.6) is 0 Å². The summed E-state index contributed by atoms with van der Waals surface area (Å²) >= 11 is 0. The Morgan fingerprint density at radius 3 is 1.96 bits per heavy atom. The first-order valence-electron chi connectivity index (χ1n) is 10.4. The third kappa shape index (κ3) is 7.33. The summed E-state index contributed by atoms with van der Waals surface area (Å²) in [6.07, 6.45) is 5.31. The lowest BCUT2D eigenvalue weighted by Crippen LogP contribution is -2.25. The SMILES string of the molecule is CCCCC(C)CCN(Cc1ccccc1)Cc1ccc(C(C)C)cc1. The van der Waals surface area contributed by atoms with Gasteiger partial charge in [-0.25, -0.2) is 0 Å².